The highest BCUT2D eigenvalue weighted by molar-refractivity contribution is 5.71. The number of hydrogen-bond donors (Lipinski definition) is 0. The van der Waals surface area contributed by atoms with Gasteiger partial charge in [-0.05, 0) is 64.2 Å². The van der Waals surface area contributed by atoms with Gasteiger partial charge in [-0.2, -0.15) is 0 Å². The maximum atomic E-state index is 12.8. The molecule has 400 valence electrons. The first-order valence-corrected chi connectivity index (χ1v) is 29.8. The van der Waals surface area contributed by atoms with E-state index in [1.807, 2.05) is 0 Å². The van der Waals surface area contributed by atoms with E-state index >= 15 is 0 Å². The molecule has 0 aliphatic rings. The molecule has 6 heteroatoms. The third-order valence-corrected chi connectivity index (χ3v) is 13.0. The summed E-state index contributed by atoms with van der Waals surface area (Å²) < 4.78 is 16.8. The molecule has 1 atom stereocenters. The second-order valence-electron chi connectivity index (χ2n) is 19.9. The molecule has 0 aromatic carbocycles. The van der Waals surface area contributed by atoms with E-state index in [9.17, 15) is 14.4 Å². The number of esters is 3. The number of carbonyl (C=O) groups excluding carboxylic acids is 3. The minimum Gasteiger partial charge on any atom is -0.462 e. The molecule has 0 N–H and O–H groups in total. The summed E-state index contributed by atoms with van der Waals surface area (Å²) >= 11 is 0. The second-order valence-corrected chi connectivity index (χ2v) is 19.9. The van der Waals surface area contributed by atoms with Crippen LogP contribution in [0.2, 0.25) is 0 Å². The Morgan fingerprint density at radius 1 is 0.304 bits per heavy atom. The van der Waals surface area contributed by atoms with Gasteiger partial charge in [0.15, 0.2) is 6.10 Å². The quantitative estimate of drug-likeness (QED) is 0.0262. The fraction of sp³-hybridized carbons (Fsp3) is 0.794. The van der Waals surface area contributed by atoms with Gasteiger partial charge in [-0.3, -0.25) is 14.4 Å². The van der Waals surface area contributed by atoms with Crippen LogP contribution in [0, 0.1) is 0 Å². The molecule has 0 aliphatic carbocycles. The average Bonchev–Trinajstić information content (AvgIpc) is 3.35. The molecule has 0 radical (unpaired) electrons. The molecule has 0 fully saturated rings. The predicted octanol–water partition coefficient (Wildman–Crippen LogP) is 20.0. The molecule has 0 bridgehead atoms. The molecule has 0 saturated carbocycles. The zero-order valence-electron chi connectivity index (χ0n) is 45.8. The van der Waals surface area contributed by atoms with Gasteiger partial charge in [0.2, 0.25) is 0 Å². The molecule has 0 aliphatic heterocycles. The molecule has 0 saturated heterocycles. The molecule has 0 aromatic rings. The summed E-state index contributed by atoms with van der Waals surface area (Å²) in [5, 5.41) is 0. The van der Waals surface area contributed by atoms with Gasteiger partial charge in [-0.25, -0.2) is 0 Å². The molecular formula is C63H112O6. The maximum Gasteiger partial charge on any atom is 0.306 e. The standard InChI is InChI=1S/C63H112O6/c1-4-7-10-13-16-18-20-22-24-26-28-30-31-32-33-34-36-37-39-41-43-45-47-50-53-56-62(65)68-59-60(58-67-61(64)55-52-49-15-12-9-6-3)69-63(66)57-54-51-48-46-44-42-40-38-35-29-27-25-23-21-19-17-14-11-8-5-2/h7,10,16,18,22,24,28,30,32-33,60H,4-6,8-9,11-15,17,19-21,23,25-27,29,31,34-59H2,1-3H3/b10-7-,18-16-,24-22-,30-28-,33-32-. The molecule has 6 nitrogen and oxygen atoms in total. The van der Waals surface area contributed by atoms with Crippen molar-refractivity contribution in [2.75, 3.05) is 13.2 Å². The lowest BCUT2D eigenvalue weighted by Crippen LogP contribution is -2.30. The predicted molar refractivity (Wildman–Crippen MR) is 298 cm³/mol. The van der Waals surface area contributed by atoms with Crippen LogP contribution in [0.3, 0.4) is 0 Å². The lowest BCUT2D eigenvalue weighted by atomic mass is 10.0. The molecule has 0 spiro atoms. The molecule has 0 rings (SSSR count). The van der Waals surface area contributed by atoms with Crippen LogP contribution in [0.15, 0.2) is 60.8 Å². The third kappa shape index (κ3) is 55.9. The molecule has 1 unspecified atom stereocenters. The topological polar surface area (TPSA) is 78.9 Å². The van der Waals surface area contributed by atoms with Crippen molar-refractivity contribution in [3.63, 3.8) is 0 Å². The van der Waals surface area contributed by atoms with Crippen molar-refractivity contribution >= 4 is 17.9 Å². The van der Waals surface area contributed by atoms with Gasteiger partial charge in [0.25, 0.3) is 0 Å². The molecule has 0 heterocycles. The summed E-state index contributed by atoms with van der Waals surface area (Å²) in [6.07, 6.45) is 72.5. The van der Waals surface area contributed by atoms with Crippen molar-refractivity contribution in [3.8, 4) is 0 Å². The number of hydrogen-bond acceptors (Lipinski definition) is 6. The molecule has 69 heavy (non-hydrogen) atoms. The van der Waals surface area contributed by atoms with Gasteiger partial charge in [-0.1, -0.05) is 281 Å². The van der Waals surface area contributed by atoms with Crippen molar-refractivity contribution in [2.24, 2.45) is 0 Å². The van der Waals surface area contributed by atoms with E-state index in [1.54, 1.807) is 0 Å². The van der Waals surface area contributed by atoms with Gasteiger partial charge in [-0.15, -0.1) is 0 Å². The molecule has 0 amide bonds. The summed E-state index contributed by atoms with van der Waals surface area (Å²) in [5.74, 6) is -0.875. The van der Waals surface area contributed by atoms with Crippen LogP contribution in [-0.2, 0) is 28.6 Å². The van der Waals surface area contributed by atoms with Gasteiger partial charge in [0.1, 0.15) is 13.2 Å². The second kappa shape index (κ2) is 57.7. The van der Waals surface area contributed by atoms with Gasteiger partial charge < -0.3 is 14.2 Å². The highest BCUT2D eigenvalue weighted by atomic mass is 16.6. The Bertz CT molecular complexity index is 1250. The van der Waals surface area contributed by atoms with E-state index in [0.717, 1.165) is 96.3 Å². The SMILES string of the molecule is CC/C=C\C/C=C\C/C=C\C/C=C\C/C=C\CCCCCCCCCCCC(=O)OCC(COC(=O)CCCCCCCC)OC(=O)CCCCCCCCCCCCCCCCCCCCCC. The minimum atomic E-state index is -0.771. The van der Waals surface area contributed by atoms with Crippen LogP contribution in [0.5, 0.6) is 0 Å². The smallest absolute Gasteiger partial charge is 0.306 e. The number of ether oxygens (including phenoxy) is 3. The fourth-order valence-electron chi connectivity index (χ4n) is 8.59. The lowest BCUT2D eigenvalue weighted by Gasteiger charge is -2.18. The minimum absolute atomic E-state index is 0.0731. The van der Waals surface area contributed by atoms with Crippen molar-refractivity contribution in [1.82, 2.24) is 0 Å². The van der Waals surface area contributed by atoms with E-state index in [1.165, 1.54) is 167 Å². The van der Waals surface area contributed by atoms with Crippen LogP contribution >= 0.6 is 0 Å². The first kappa shape index (κ1) is 66.1. The average molecular weight is 966 g/mol. The van der Waals surface area contributed by atoms with Crippen molar-refractivity contribution in [3.05, 3.63) is 60.8 Å². The van der Waals surface area contributed by atoms with E-state index in [0.29, 0.717) is 19.3 Å². The van der Waals surface area contributed by atoms with E-state index in [-0.39, 0.29) is 31.1 Å². The number of unbranched alkanes of at least 4 members (excludes halogenated alkanes) is 33. The van der Waals surface area contributed by atoms with Crippen LogP contribution in [-0.4, -0.2) is 37.2 Å². The van der Waals surface area contributed by atoms with Crippen LogP contribution in [0.25, 0.3) is 0 Å². The zero-order valence-corrected chi connectivity index (χ0v) is 45.8. The highest BCUT2D eigenvalue weighted by Gasteiger charge is 2.19. The van der Waals surface area contributed by atoms with E-state index in [4.69, 9.17) is 14.2 Å². The molecular weight excluding hydrogens is 853 g/mol. The van der Waals surface area contributed by atoms with Crippen molar-refractivity contribution in [2.45, 2.75) is 309 Å². The lowest BCUT2D eigenvalue weighted by molar-refractivity contribution is -0.167. The van der Waals surface area contributed by atoms with Gasteiger partial charge in [0, 0.05) is 19.3 Å². The third-order valence-electron chi connectivity index (χ3n) is 13.0. The Morgan fingerprint density at radius 2 is 0.565 bits per heavy atom. The number of allylic oxidation sites excluding steroid dienone is 10. The summed E-state index contributed by atoms with van der Waals surface area (Å²) in [6, 6.07) is 0. The molecule has 0 aromatic heterocycles. The Hall–Kier alpha value is -2.89. The van der Waals surface area contributed by atoms with Crippen molar-refractivity contribution in [1.29, 1.82) is 0 Å². The largest absolute Gasteiger partial charge is 0.462 e. The first-order chi connectivity index (χ1) is 34.0. The first-order valence-electron chi connectivity index (χ1n) is 29.8. The van der Waals surface area contributed by atoms with Crippen LogP contribution in [0.1, 0.15) is 303 Å². The van der Waals surface area contributed by atoms with E-state index < -0.39 is 6.10 Å². The van der Waals surface area contributed by atoms with Crippen molar-refractivity contribution < 1.29 is 28.6 Å². The number of rotatable bonds is 54. The van der Waals surface area contributed by atoms with Crippen LogP contribution in [0.4, 0.5) is 0 Å². The van der Waals surface area contributed by atoms with Gasteiger partial charge >= 0.3 is 17.9 Å². The van der Waals surface area contributed by atoms with Crippen LogP contribution < -0.4 is 0 Å². The Kier molecular flexibility index (Phi) is 55.3. The Balaban J connectivity index is 4.11. The highest BCUT2D eigenvalue weighted by Crippen LogP contribution is 2.17. The van der Waals surface area contributed by atoms with E-state index in [2.05, 4.69) is 81.5 Å². The Labute approximate surface area is 428 Å². The maximum absolute atomic E-state index is 12.8. The number of carbonyl (C=O) groups is 3. The summed E-state index contributed by atoms with van der Waals surface area (Å²) in [4.78, 5) is 37.9. The normalized spacial score (nSPS) is 12.4. The van der Waals surface area contributed by atoms with Gasteiger partial charge in [0.05, 0.1) is 0 Å². The monoisotopic (exact) mass is 965 g/mol. The zero-order chi connectivity index (χ0) is 50.0. The Morgan fingerprint density at radius 3 is 0.884 bits per heavy atom. The summed E-state index contributed by atoms with van der Waals surface area (Å²) in [5.41, 5.74) is 0. The summed E-state index contributed by atoms with van der Waals surface area (Å²) in [7, 11) is 0. The summed E-state index contributed by atoms with van der Waals surface area (Å²) in [6.45, 7) is 6.50. The fourth-order valence-corrected chi connectivity index (χ4v) is 8.59.